The minimum atomic E-state index is -0.0760. The van der Waals surface area contributed by atoms with E-state index in [1.807, 2.05) is 30.5 Å². The van der Waals surface area contributed by atoms with Gasteiger partial charge in [-0.05, 0) is 30.5 Å². The summed E-state index contributed by atoms with van der Waals surface area (Å²) in [6.07, 6.45) is 0. The van der Waals surface area contributed by atoms with Crippen LogP contribution in [-0.2, 0) is 11.3 Å². The molecule has 23 heavy (non-hydrogen) atoms. The molecule has 3 rings (SSSR count). The molecule has 0 bridgehead atoms. The number of rotatable bonds is 5. The van der Waals surface area contributed by atoms with Gasteiger partial charge < -0.3 is 10.2 Å². The third kappa shape index (κ3) is 4.12. The molecule has 1 aliphatic heterocycles. The number of carbonyl (C=O) groups is 1. The van der Waals surface area contributed by atoms with Crippen molar-refractivity contribution in [2.45, 2.75) is 19.5 Å². The number of benzene rings is 1. The van der Waals surface area contributed by atoms with Crippen molar-refractivity contribution < 1.29 is 4.79 Å². The molecule has 2 heterocycles. The Morgan fingerprint density at radius 1 is 1.13 bits per heavy atom. The Kier molecular flexibility index (Phi) is 5.31. The standard InChI is InChI=1S/C18H23N3OS/c1-15(18(22)19-14-17-8-5-13-23-17)20-9-11-21(12-10-20)16-6-3-2-4-7-16/h2-8,13,15H,9-12,14H2,1H3,(H,19,22). The SMILES string of the molecule is CC(C(=O)NCc1cccs1)N1CCN(c2ccccc2)CC1. The van der Waals surface area contributed by atoms with Crippen molar-refractivity contribution in [1.29, 1.82) is 0 Å². The van der Waals surface area contributed by atoms with Crippen LogP contribution < -0.4 is 10.2 Å². The molecule has 122 valence electrons. The van der Waals surface area contributed by atoms with Gasteiger partial charge in [-0.2, -0.15) is 0 Å². The molecule has 1 aromatic carbocycles. The first-order valence-electron chi connectivity index (χ1n) is 8.08. The Morgan fingerprint density at radius 2 is 1.87 bits per heavy atom. The average Bonchev–Trinajstić information content (AvgIpc) is 3.13. The van der Waals surface area contributed by atoms with Gasteiger partial charge in [0.15, 0.2) is 0 Å². The number of hydrogen-bond donors (Lipinski definition) is 1. The lowest BCUT2D eigenvalue weighted by Crippen LogP contribution is -2.53. The molecule has 1 aromatic heterocycles. The maximum Gasteiger partial charge on any atom is 0.237 e. The fourth-order valence-corrected chi connectivity index (χ4v) is 3.55. The number of piperazine rings is 1. The summed E-state index contributed by atoms with van der Waals surface area (Å²) in [4.78, 5) is 18.2. The van der Waals surface area contributed by atoms with Gasteiger partial charge in [0.25, 0.3) is 0 Å². The molecule has 0 spiro atoms. The normalized spacial score (nSPS) is 17.0. The Bertz CT molecular complexity index is 606. The van der Waals surface area contributed by atoms with Crippen molar-refractivity contribution in [3.8, 4) is 0 Å². The van der Waals surface area contributed by atoms with Gasteiger partial charge in [0.05, 0.1) is 12.6 Å². The molecule has 0 aliphatic carbocycles. The third-order valence-corrected chi connectivity index (χ3v) is 5.26. The second-order valence-corrected chi connectivity index (χ2v) is 6.86. The van der Waals surface area contributed by atoms with E-state index in [4.69, 9.17) is 0 Å². The monoisotopic (exact) mass is 329 g/mol. The Labute approximate surface area is 141 Å². The molecule has 1 aliphatic rings. The van der Waals surface area contributed by atoms with Gasteiger partial charge >= 0.3 is 0 Å². The fraction of sp³-hybridized carbons (Fsp3) is 0.389. The minimum absolute atomic E-state index is 0.0760. The minimum Gasteiger partial charge on any atom is -0.369 e. The first-order chi connectivity index (χ1) is 11.2. The highest BCUT2D eigenvalue weighted by Gasteiger charge is 2.25. The number of thiophene rings is 1. The summed E-state index contributed by atoms with van der Waals surface area (Å²) in [5.41, 5.74) is 1.27. The number of hydrogen-bond acceptors (Lipinski definition) is 4. The topological polar surface area (TPSA) is 35.6 Å². The van der Waals surface area contributed by atoms with Gasteiger partial charge in [-0.25, -0.2) is 0 Å². The second kappa shape index (κ2) is 7.62. The van der Waals surface area contributed by atoms with Crippen molar-refractivity contribution in [3.63, 3.8) is 0 Å². The van der Waals surface area contributed by atoms with Crippen LogP contribution in [0.4, 0.5) is 5.69 Å². The van der Waals surface area contributed by atoms with Crippen molar-refractivity contribution in [3.05, 3.63) is 52.7 Å². The number of nitrogens with zero attached hydrogens (tertiary/aromatic N) is 2. The molecule has 1 N–H and O–H groups in total. The summed E-state index contributed by atoms with van der Waals surface area (Å²) in [5, 5.41) is 5.08. The number of para-hydroxylation sites is 1. The molecule has 1 saturated heterocycles. The van der Waals surface area contributed by atoms with Gasteiger partial charge in [0, 0.05) is 36.7 Å². The van der Waals surface area contributed by atoms with Crippen molar-refractivity contribution in [1.82, 2.24) is 10.2 Å². The number of amides is 1. The number of carbonyl (C=O) groups excluding carboxylic acids is 1. The molecule has 1 unspecified atom stereocenters. The van der Waals surface area contributed by atoms with E-state index in [0.29, 0.717) is 6.54 Å². The molecule has 1 fully saturated rings. The molecule has 1 amide bonds. The summed E-state index contributed by atoms with van der Waals surface area (Å²) in [7, 11) is 0. The summed E-state index contributed by atoms with van der Waals surface area (Å²) in [5.74, 6) is 0.117. The second-order valence-electron chi connectivity index (χ2n) is 5.83. The molecule has 4 nitrogen and oxygen atoms in total. The zero-order valence-corrected chi connectivity index (χ0v) is 14.3. The van der Waals surface area contributed by atoms with Gasteiger partial charge in [-0.3, -0.25) is 9.69 Å². The molecular formula is C18H23N3OS. The van der Waals surface area contributed by atoms with Gasteiger partial charge in [-0.1, -0.05) is 24.3 Å². The van der Waals surface area contributed by atoms with E-state index < -0.39 is 0 Å². The predicted octanol–water partition coefficient (Wildman–Crippen LogP) is 2.58. The van der Waals surface area contributed by atoms with Crippen LogP contribution in [0.25, 0.3) is 0 Å². The summed E-state index contributed by atoms with van der Waals surface area (Å²) in [6, 6.07) is 14.5. The van der Waals surface area contributed by atoms with E-state index in [2.05, 4.69) is 39.4 Å². The first kappa shape index (κ1) is 16.0. The van der Waals surface area contributed by atoms with Crippen LogP contribution >= 0.6 is 11.3 Å². The van der Waals surface area contributed by atoms with Crippen LogP contribution in [0.15, 0.2) is 47.8 Å². The lowest BCUT2D eigenvalue weighted by atomic mass is 10.2. The zero-order valence-electron chi connectivity index (χ0n) is 13.4. The van der Waals surface area contributed by atoms with Crippen LogP contribution in [0.1, 0.15) is 11.8 Å². The predicted molar refractivity (Wildman–Crippen MR) is 95.9 cm³/mol. The molecule has 0 saturated carbocycles. The van der Waals surface area contributed by atoms with E-state index in [1.54, 1.807) is 11.3 Å². The highest BCUT2D eigenvalue weighted by Crippen LogP contribution is 2.16. The highest BCUT2D eigenvalue weighted by molar-refractivity contribution is 7.09. The Hall–Kier alpha value is -1.85. The van der Waals surface area contributed by atoms with Crippen molar-refractivity contribution in [2.75, 3.05) is 31.1 Å². The summed E-state index contributed by atoms with van der Waals surface area (Å²) < 4.78 is 0. The van der Waals surface area contributed by atoms with Crippen molar-refractivity contribution in [2.24, 2.45) is 0 Å². The Morgan fingerprint density at radius 3 is 2.52 bits per heavy atom. The average molecular weight is 329 g/mol. The lowest BCUT2D eigenvalue weighted by molar-refractivity contribution is -0.126. The van der Waals surface area contributed by atoms with Gasteiger partial charge in [-0.15, -0.1) is 11.3 Å². The van der Waals surface area contributed by atoms with Crippen LogP contribution in [0.3, 0.4) is 0 Å². The van der Waals surface area contributed by atoms with E-state index >= 15 is 0 Å². The Balaban J connectivity index is 1.47. The zero-order chi connectivity index (χ0) is 16.1. The van der Waals surface area contributed by atoms with Crippen LogP contribution in [0, 0.1) is 0 Å². The largest absolute Gasteiger partial charge is 0.369 e. The van der Waals surface area contributed by atoms with Gasteiger partial charge in [0.2, 0.25) is 5.91 Å². The fourth-order valence-electron chi connectivity index (χ4n) is 2.91. The van der Waals surface area contributed by atoms with E-state index in [1.165, 1.54) is 10.6 Å². The van der Waals surface area contributed by atoms with E-state index in [-0.39, 0.29) is 11.9 Å². The molecule has 2 aromatic rings. The summed E-state index contributed by atoms with van der Waals surface area (Å²) in [6.45, 7) is 6.40. The third-order valence-electron chi connectivity index (χ3n) is 4.38. The highest BCUT2D eigenvalue weighted by atomic mass is 32.1. The number of nitrogens with one attached hydrogen (secondary N) is 1. The maximum atomic E-state index is 12.3. The maximum absolute atomic E-state index is 12.3. The molecular weight excluding hydrogens is 306 g/mol. The molecule has 1 atom stereocenters. The molecule has 5 heteroatoms. The van der Waals surface area contributed by atoms with Crippen molar-refractivity contribution >= 4 is 22.9 Å². The quantitative estimate of drug-likeness (QED) is 0.916. The van der Waals surface area contributed by atoms with Crippen LogP contribution in [0.2, 0.25) is 0 Å². The van der Waals surface area contributed by atoms with E-state index in [9.17, 15) is 4.79 Å². The van der Waals surface area contributed by atoms with Crippen LogP contribution in [-0.4, -0.2) is 43.0 Å². The smallest absolute Gasteiger partial charge is 0.237 e. The number of anilines is 1. The summed E-state index contributed by atoms with van der Waals surface area (Å²) >= 11 is 1.68. The van der Waals surface area contributed by atoms with Crippen LogP contribution in [0.5, 0.6) is 0 Å². The molecule has 0 radical (unpaired) electrons. The van der Waals surface area contributed by atoms with E-state index in [0.717, 1.165) is 26.2 Å². The lowest BCUT2D eigenvalue weighted by Gasteiger charge is -2.38. The first-order valence-corrected chi connectivity index (χ1v) is 8.96. The van der Waals surface area contributed by atoms with Gasteiger partial charge in [0.1, 0.15) is 0 Å².